The van der Waals surface area contributed by atoms with Crippen LogP contribution in [0.2, 0.25) is 0 Å². The highest BCUT2D eigenvalue weighted by atomic mass is 127. The van der Waals surface area contributed by atoms with Gasteiger partial charge in [0.15, 0.2) is 0 Å². The predicted molar refractivity (Wildman–Crippen MR) is 76.6 cm³/mol. The fourth-order valence-corrected chi connectivity index (χ4v) is 1.87. The molecular weight excluding hydrogens is 329 g/mol. The first kappa shape index (κ1) is 12.4. The zero-order valence-corrected chi connectivity index (χ0v) is 11.7. The Hall–Kier alpha value is -1.08. The van der Waals surface area contributed by atoms with Crippen molar-refractivity contribution in [1.82, 2.24) is 9.55 Å². The van der Waals surface area contributed by atoms with Gasteiger partial charge in [-0.2, -0.15) is 0 Å². The molecule has 1 aromatic carbocycles. The SMILES string of the molecule is COCCNc1nccn1-c1ccc(I)cc1. The third-order valence-corrected chi connectivity index (χ3v) is 3.05. The van der Waals surface area contributed by atoms with Crippen molar-refractivity contribution in [2.45, 2.75) is 0 Å². The Balaban J connectivity index is 2.15. The normalized spacial score (nSPS) is 10.5. The van der Waals surface area contributed by atoms with Crippen LogP contribution in [0.1, 0.15) is 0 Å². The summed E-state index contributed by atoms with van der Waals surface area (Å²) < 4.78 is 8.24. The molecule has 0 aliphatic carbocycles. The maximum Gasteiger partial charge on any atom is 0.207 e. The average molecular weight is 343 g/mol. The summed E-state index contributed by atoms with van der Waals surface area (Å²) in [6.45, 7) is 1.41. The maximum atomic E-state index is 5.00. The Kier molecular flexibility index (Phi) is 4.38. The fourth-order valence-electron chi connectivity index (χ4n) is 1.51. The summed E-state index contributed by atoms with van der Waals surface area (Å²) in [6, 6.07) is 8.31. The van der Waals surface area contributed by atoms with E-state index in [4.69, 9.17) is 4.74 Å². The second-order valence-electron chi connectivity index (χ2n) is 3.52. The number of halogens is 1. The molecule has 2 aromatic rings. The van der Waals surface area contributed by atoms with Crippen LogP contribution in [-0.2, 0) is 4.74 Å². The van der Waals surface area contributed by atoms with Gasteiger partial charge in [-0.25, -0.2) is 4.98 Å². The number of benzene rings is 1. The van der Waals surface area contributed by atoms with Crippen molar-refractivity contribution >= 4 is 28.5 Å². The molecule has 17 heavy (non-hydrogen) atoms. The Labute approximate surface area is 114 Å². The van der Waals surface area contributed by atoms with E-state index in [1.807, 2.05) is 10.8 Å². The second-order valence-corrected chi connectivity index (χ2v) is 4.76. The smallest absolute Gasteiger partial charge is 0.207 e. The van der Waals surface area contributed by atoms with Crippen LogP contribution < -0.4 is 5.32 Å². The molecule has 1 aromatic heterocycles. The quantitative estimate of drug-likeness (QED) is 0.670. The van der Waals surface area contributed by atoms with Gasteiger partial charge in [0, 0.05) is 35.3 Å². The van der Waals surface area contributed by atoms with Crippen LogP contribution in [0.15, 0.2) is 36.7 Å². The summed E-state index contributed by atoms with van der Waals surface area (Å²) in [7, 11) is 1.69. The Morgan fingerprint density at radius 3 is 2.82 bits per heavy atom. The van der Waals surface area contributed by atoms with Crippen LogP contribution in [-0.4, -0.2) is 29.8 Å². The molecule has 0 amide bonds. The van der Waals surface area contributed by atoms with E-state index in [0.717, 1.165) is 18.2 Å². The van der Waals surface area contributed by atoms with Crippen LogP contribution in [0.3, 0.4) is 0 Å². The number of methoxy groups -OCH3 is 1. The molecule has 0 aliphatic rings. The number of ether oxygens (including phenoxy) is 1. The maximum absolute atomic E-state index is 5.00. The first-order valence-electron chi connectivity index (χ1n) is 5.33. The summed E-state index contributed by atoms with van der Waals surface area (Å²) in [6.07, 6.45) is 3.73. The van der Waals surface area contributed by atoms with Crippen molar-refractivity contribution in [3.8, 4) is 5.69 Å². The minimum atomic E-state index is 0.666. The first-order valence-corrected chi connectivity index (χ1v) is 6.41. The summed E-state index contributed by atoms with van der Waals surface area (Å²) in [5.74, 6) is 0.836. The fraction of sp³-hybridized carbons (Fsp3) is 0.250. The highest BCUT2D eigenvalue weighted by Gasteiger charge is 2.03. The lowest BCUT2D eigenvalue weighted by atomic mass is 10.3. The zero-order valence-electron chi connectivity index (χ0n) is 9.56. The molecule has 4 nitrogen and oxygen atoms in total. The number of anilines is 1. The molecule has 5 heteroatoms. The Bertz CT molecular complexity index is 467. The molecule has 2 rings (SSSR count). The molecule has 0 aliphatic heterocycles. The van der Waals surface area contributed by atoms with Gasteiger partial charge in [0.05, 0.1) is 6.61 Å². The minimum absolute atomic E-state index is 0.666. The lowest BCUT2D eigenvalue weighted by molar-refractivity contribution is 0.210. The molecule has 1 heterocycles. The van der Waals surface area contributed by atoms with Crippen molar-refractivity contribution in [2.75, 3.05) is 25.6 Å². The minimum Gasteiger partial charge on any atom is -0.383 e. The van der Waals surface area contributed by atoms with Crippen LogP contribution in [0.4, 0.5) is 5.95 Å². The molecule has 0 atom stereocenters. The van der Waals surface area contributed by atoms with E-state index in [1.165, 1.54) is 3.57 Å². The largest absolute Gasteiger partial charge is 0.383 e. The van der Waals surface area contributed by atoms with Gasteiger partial charge in [-0.15, -0.1) is 0 Å². The molecule has 0 radical (unpaired) electrons. The van der Waals surface area contributed by atoms with E-state index in [1.54, 1.807) is 13.3 Å². The number of rotatable bonds is 5. The first-order chi connectivity index (χ1) is 8.31. The third-order valence-electron chi connectivity index (χ3n) is 2.33. The van der Waals surface area contributed by atoms with Crippen molar-refractivity contribution in [1.29, 1.82) is 0 Å². The van der Waals surface area contributed by atoms with E-state index in [0.29, 0.717) is 6.61 Å². The number of nitrogens with one attached hydrogen (secondary N) is 1. The number of imidazole rings is 1. The van der Waals surface area contributed by atoms with Gasteiger partial charge in [0.2, 0.25) is 5.95 Å². The molecular formula is C12H14IN3O. The summed E-state index contributed by atoms with van der Waals surface area (Å²) in [5.41, 5.74) is 1.10. The van der Waals surface area contributed by atoms with Gasteiger partial charge in [-0.05, 0) is 46.9 Å². The highest BCUT2D eigenvalue weighted by molar-refractivity contribution is 14.1. The molecule has 1 N–H and O–H groups in total. The van der Waals surface area contributed by atoms with Gasteiger partial charge >= 0.3 is 0 Å². The van der Waals surface area contributed by atoms with Gasteiger partial charge in [-0.1, -0.05) is 0 Å². The number of aromatic nitrogens is 2. The van der Waals surface area contributed by atoms with E-state index in [9.17, 15) is 0 Å². The molecule has 0 fully saturated rings. The third kappa shape index (κ3) is 3.19. The predicted octanol–water partition coefficient (Wildman–Crippen LogP) is 2.54. The molecule has 0 unspecified atom stereocenters. The van der Waals surface area contributed by atoms with Crippen molar-refractivity contribution in [2.24, 2.45) is 0 Å². The topological polar surface area (TPSA) is 39.1 Å². The Morgan fingerprint density at radius 1 is 1.35 bits per heavy atom. The highest BCUT2D eigenvalue weighted by Crippen LogP contribution is 2.15. The molecule has 0 saturated carbocycles. The van der Waals surface area contributed by atoms with Crippen LogP contribution in [0, 0.1) is 3.57 Å². The lowest BCUT2D eigenvalue weighted by Gasteiger charge is -2.09. The van der Waals surface area contributed by atoms with Gasteiger partial charge in [-0.3, -0.25) is 4.57 Å². The van der Waals surface area contributed by atoms with E-state index in [-0.39, 0.29) is 0 Å². The molecule has 0 bridgehead atoms. The molecule has 90 valence electrons. The van der Waals surface area contributed by atoms with E-state index < -0.39 is 0 Å². The summed E-state index contributed by atoms with van der Waals surface area (Å²) in [5, 5.41) is 3.23. The average Bonchev–Trinajstić information content (AvgIpc) is 2.79. The number of nitrogens with zero attached hydrogens (tertiary/aromatic N) is 2. The van der Waals surface area contributed by atoms with Crippen molar-refractivity contribution in [3.05, 3.63) is 40.2 Å². The van der Waals surface area contributed by atoms with Crippen LogP contribution >= 0.6 is 22.6 Å². The van der Waals surface area contributed by atoms with Crippen molar-refractivity contribution in [3.63, 3.8) is 0 Å². The van der Waals surface area contributed by atoms with Gasteiger partial charge in [0.25, 0.3) is 0 Å². The van der Waals surface area contributed by atoms with E-state index >= 15 is 0 Å². The van der Waals surface area contributed by atoms with Gasteiger partial charge < -0.3 is 10.1 Å². The lowest BCUT2D eigenvalue weighted by Crippen LogP contribution is -2.11. The standard InChI is InChI=1S/C12H14IN3O/c1-17-9-7-15-12-14-6-8-16(12)11-4-2-10(13)3-5-11/h2-6,8H,7,9H2,1H3,(H,14,15). The monoisotopic (exact) mass is 343 g/mol. The second kappa shape index (κ2) is 6.02. The van der Waals surface area contributed by atoms with E-state index in [2.05, 4.69) is 57.2 Å². The summed E-state index contributed by atoms with van der Waals surface area (Å²) >= 11 is 2.29. The number of hydrogen-bond donors (Lipinski definition) is 1. The van der Waals surface area contributed by atoms with Gasteiger partial charge in [0.1, 0.15) is 0 Å². The van der Waals surface area contributed by atoms with Crippen molar-refractivity contribution < 1.29 is 4.74 Å². The van der Waals surface area contributed by atoms with Crippen LogP contribution in [0.25, 0.3) is 5.69 Å². The Morgan fingerprint density at radius 2 is 2.12 bits per heavy atom. The molecule has 0 saturated heterocycles. The molecule has 0 spiro atoms. The summed E-state index contributed by atoms with van der Waals surface area (Å²) in [4.78, 5) is 4.28. The zero-order chi connectivity index (χ0) is 12.1. The number of hydrogen-bond acceptors (Lipinski definition) is 3. The van der Waals surface area contributed by atoms with Crippen LogP contribution in [0.5, 0.6) is 0 Å².